The quantitative estimate of drug-likeness (QED) is 0.804. The van der Waals surface area contributed by atoms with E-state index in [4.69, 9.17) is 0 Å². The van der Waals surface area contributed by atoms with Crippen LogP contribution >= 0.6 is 0 Å². The van der Waals surface area contributed by atoms with Gasteiger partial charge in [0.15, 0.2) is 0 Å². The lowest BCUT2D eigenvalue weighted by atomic mass is 10.0. The van der Waals surface area contributed by atoms with Crippen molar-refractivity contribution in [2.24, 2.45) is 0 Å². The molecule has 2 atom stereocenters. The summed E-state index contributed by atoms with van der Waals surface area (Å²) in [4.78, 5) is 27.5. The summed E-state index contributed by atoms with van der Waals surface area (Å²) < 4.78 is 0. The highest BCUT2D eigenvalue weighted by atomic mass is 16.2. The molecule has 0 heterocycles. The van der Waals surface area contributed by atoms with Crippen LogP contribution in [0.3, 0.4) is 0 Å². The van der Waals surface area contributed by atoms with Crippen LogP contribution in [0.2, 0.25) is 0 Å². The molecule has 0 saturated heterocycles. The summed E-state index contributed by atoms with van der Waals surface area (Å²) in [5.74, 6) is -0.431. The molecular formula is C21H27N3O2. The van der Waals surface area contributed by atoms with Crippen LogP contribution in [0.4, 0.5) is 0 Å². The molecule has 2 amide bonds. The summed E-state index contributed by atoms with van der Waals surface area (Å²) >= 11 is 0. The fraction of sp³-hybridized carbons (Fsp3) is 0.333. The molecule has 0 fully saturated rings. The topological polar surface area (TPSA) is 61.4 Å². The number of benzene rings is 2. The zero-order chi connectivity index (χ0) is 19.1. The maximum atomic E-state index is 13.0. The third-order valence-corrected chi connectivity index (χ3v) is 3.99. The smallest absolute Gasteiger partial charge is 0.247 e. The van der Waals surface area contributed by atoms with Crippen LogP contribution < -0.4 is 10.6 Å². The molecule has 2 aromatic rings. The van der Waals surface area contributed by atoms with Gasteiger partial charge in [-0.25, -0.2) is 0 Å². The van der Waals surface area contributed by atoms with E-state index in [1.54, 1.807) is 0 Å². The summed E-state index contributed by atoms with van der Waals surface area (Å²) in [6.07, 6.45) is 0. The standard InChI is InChI=1S/C21H27N3O2/c1-15(2)22-20(25)18(16-11-7-5-8-12-16)23-21(26)19(24(3)4)17-13-9-6-10-14-17/h5-15,18-19H,1-4H3,(H,22,25)(H,23,26). The van der Waals surface area contributed by atoms with Gasteiger partial charge in [-0.2, -0.15) is 0 Å². The van der Waals surface area contributed by atoms with Crippen molar-refractivity contribution in [2.45, 2.75) is 32.0 Å². The van der Waals surface area contributed by atoms with Crippen molar-refractivity contribution in [2.75, 3.05) is 14.1 Å². The number of nitrogens with one attached hydrogen (secondary N) is 2. The van der Waals surface area contributed by atoms with E-state index in [1.165, 1.54) is 0 Å². The van der Waals surface area contributed by atoms with Crippen molar-refractivity contribution in [3.8, 4) is 0 Å². The summed E-state index contributed by atoms with van der Waals surface area (Å²) in [5, 5.41) is 5.81. The number of carbonyl (C=O) groups is 2. The van der Waals surface area contributed by atoms with Crippen LogP contribution in [0.25, 0.3) is 0 Å². The summed E-state index contributed by atoms with van der Waals surface area (Å²) in [6, 6.07) is 17.6. The maximum Gasteiger partial charge on any atom is 0.247 e. The number of hydrogen-bond acceptors (Lipinski definition) is 3. The fourth-order valence-corrected chi connectivity index (χ4v) is 2.85. The first-order chi connectivity index (χ1) is 12.4. The van der Waals surface area contributed by atoms with Gasteiger partial charge in [-0.05, 0) is 39.1 Å². The zero-order valence-electron chi connectivity index (χ0n) is 15.8. The second-order valence-electron chi connectivity index (χ2n) is 6.79. The Morgan fingerprint density at radius 2 is 1.27 bits per heavy atom. The van der Waals surface area contributed by atoms with E-state index in [-0.39, 0.29) is 17.9 Å². The predicted octanol–water partition coefficient (Wildman–Crippen LogP) is 2.67. The highest BCUT2D eigenvalue weighted by molar-refractivity contribution is 5.91. The first-order valence-electron chi connectivity index (χ1n) is 8.77. The zero-order valence-corrected chi connectivity index (χ0v) is 15.8. The molecule has 0 aliphatic carbocycles. The van der Waals surface area contributed by atoms with E-state index in [0.29, 0.717) is 0 Å². The Bertz CT molecular complexity index is 715. The fourth-order valence-electron chi connectivity index (χ4n) is 2.85. The van der Waals surface area contributed by atoms with Crippen LogP contribution in [-0.4, -0.2) is 36.9 Å². The van der Waals surface area contributed by atoms with Gasteiger partial charge in [-0.15, -0.1) is 0 Å². The van der Waals surface area contributed by atoms with Crippen molar-refractivity contribution in [1.82, 2.24) is 15.5 Å². The molecule has 0 bridgehead atoms. The van der Waals surface area contributed by atoms with E-state index in [2.05, 4.69) is 10.6 Å². The second kappa shape index (κ2) is 9.15. The third kappa shape index (κ3) is 5.17. The number of rotatable bonds is 7. The number of likely N-dealkylation sites (N-methyl/N-ethyl adjacent to an activating group) is 1. The van der Waals surface area contributed by atoms with Crippen molar-refractivity contribution < 1.29 is 9.59 Å². The van der Waals surface area contributed by atoms with Crippen LogP contribution in [0.1, 0.15) is 37.1 Å². The van der Waals surface area contributed by atoms with E-state index in [1.807, 2.05) is 93.5 Å². The molecule has 5 nitrogen and oxygen atoms in total. The molecule has 26 heavy (non-hydrogen) atoms. The van der Waals surface area contributed by atoms with Crippen molar-refractivity contribution in [3.63, 3.8) is 0 Å². The number of nitrogens with zero attached hydrogens (tertiary/aromatic N) is 1. The highest BCUT2D eigenvalue weighted by Gasteiger charge is 2.29. The Morgan fingerprint density at radius 1 is 0.769 bits per heavy atom. The molecule has 2 aromatic carbocycles. The molecule has 0 spiro atoms. The molecule has 0 saturated carbocycles. The molecule has 138 valence electrons. The van der Waals surface area contributed by atoms with Crippen LogP contribution in [0, 0.1) is 0 Å². The minimum absolute atomic E-state index is 0.00983. The molecule has 0 aliphatic heterocycles. The average Bonchev–Trinajstić information content (AvgIpc) is 2.60. The predicted molar refractivity (Wildman–Crippen MR) is 103 cm³/mol. The number of hydrogen-bond donors (Lipinski definition) is 2. The molecule has 2 N–H and O–H groups in total. The Labute approximate surface area is 155 Å². The average molecular weight is 353 g/mol. The normalized spacial score (nSPS) is 13.3. The molecule has 2 rings (SSSR count). The van der Waals surface area contributed by atoms with E-state index in [0.717, 1.165) is 11.1 Å². The van der Waals surface area contributed by atoms with E-state index >= 15 is 0 Å². The first kappa shape index (κ1) is 19.7. The van der Waals surface area contributed by atoms with Crippen molar-refractivity contribution >= 4 is 11.8 Å². The van der Waals surface area contributed by atoms with E-state index in [9.17, 15) is 9.59 Å². The summed E-state index contributed by atoms with van der Waals surface area (Å²) in [6.45, 7) is 3.79. The van der Waals surface area contributed by atoms with Gasteiger partial charge >= 0.3 is 0 Å². The maximum absolute atomic E-state index is 13.0. The van der Waals surface area contributed by atoms with Gasteiger partial charge in [0.1, 0.15) is 12.1 Å². The van der Waals surface area contributed by atoms with E-state index < -0.39 is 12.1 Å². The highest BCUT2D eigenvalue weighted by Crippen LogP contribution is 2.21. The Morgan fingerprint density at radius 3 is 1.73 bits per heavy atom. The lowest BCUT2D eigenvalue weighted by molar-refractivity contribution is -0.132. The molecule has 0 aromatic heterocycles. The van der Waals surface area contributed by atoms with Crippen molar-refractivity contribution in [3.05, 3.63) is 71.8 Å². The van der Waals surface area contributed by atoms with Gasteiger partial charge in [-0.3, -0.25) is 14.5 Å². The van der Waals surface area contributed by atoms with Gasteiger partial charge in [0.05, 0.1) is 0 Å². The van der Waals surface area contributed by atoms with Crippen LogP contribution in [0.5, 0.6) is 0 Å². The lowest BCUT2D eigenvalue weighted by Crippen LogP contribution is -2.46. The van der Waals surface area contributed by atoms with Gasteiger partial charge in [0, 0.05) is 6.04 Å². The van der Waals surface area contributed by atoms with Crippen LogP contribution in [-0.2, 0) is 9.59 Å². The third-order valence-electron chi connectivity index (χ3n) is 3.99. The monoisotopic (exact) mass is 353 g/mol. The summed E-state index contributed by atoms with van der Waals surface area (Å²) in [5.41, 5.74) is 1.63. The Balaban J connectivity index is 2.28. The first-order valence-corrected chi connectivity index (χ1v) is 8.77. The molecule has 0 aliphatic rings. The van der Waals surface area contributed by atoms with Gasteiger partial charge < -0.3 is 10.6 Å². The van der Waals surface area contributed by atoms with Gasteiger partial charge in [0.25, 0.3) is 0 Å². The summed E-state index contributed by atoms with van der Waals surface area (Å²) in [7, 11) is 3.70. The largest absolute Gasteiger partial charge is 0.352 e. The lowest BCUT2D eigenvalue weighted by Gasteiger charge is -2.27. The molecule has 5 heteroatoms. The molecule has 0 radical (unpaired) electrons. The Hall–Kier alpha value is -2.66. The molecule has 2 unspecified atom stereocenters. The SMILES string of the molecule is CC(C)NC(=O)C(NC(=O)C(c1ccccc1)N(C)C)c1ccccc1. The van der Waals surface area contributed by atoms with Gasteiger partial charge in [0.2, 0.25) is 11.8 Å². The van der Waals surface area contributed by atoms with Crippen LogP contribution in [0.15, 0.2) is 60.7 Å². The number of carbonyl (C=O) groups excluding carboxylic acids is 2. The Kier molecular flexibility index (Phi) is 6.92. The van der Waals surface area contributed by atoms with Crippen molar-refractivity contribution in [1.29, 1.82) is 0 Å². The minimum Gasteiger partial charge on any atom is -0.352 e. The minimum atomic E-state index is -0.739. The van der Waals surface area contributed by atoms with Gasteiger partial charge in [-0.1, -0.05) is 60.7 Å². The second-order valence-corrected chi connectivity index (χ2v) is 6.79. The number of amides is 2. The molecular weight excluding hydrogens is 326 g/mol.